The van der Waals surface area contributed by atoms with Gasteiger partial charge in [-0.25, -0.2) is 0 Å². The molecule has 0 fully saturated rings. The fraction of sp³-hybridized carbons (Fsp3) is 0.500. The lowest BCUT2D eigenvalue weighted by Gasteiger charge is -2.25. The summed E-state index contributed by atoms with van der Waals surface area (Å²) in [6.45, 7) is -0.446. The van der Waals surface area contributed by atoms with Crippen LogP contribution in [-0.2, 0) is 5.41 Å². The van der Waals surface area contributed by atoms with Crippen LogP contribution in [0.1, 0.15) is 26.3 Å². The third-order valence-corrected chi connectivity index (χ3v) is 2.42. The van der Waals surface area contributed by atoms with E-state index in [2.05, 4.69) is 0 Å². The fourth-order valence-electron chi connectivity index (χ4n) is 1.53. The van der Waals surface area contributed by atoms with Crippen molar-refractivity contribution in [1.82, 2.24) is 0 Å². The van der Waals surface area contributed by atoms with Gasteiger partial charge in [-0.05, 0) is 23.6 Å². The van der Waals surface area contributed by atoms with E-state index >= 15 is 0 Å². The first-order valence-electron chi connectivity index (χ1n) is 5.66. The Morgan fingerprint density at radius 2 is 1.78 bits per heavy atom. The molecule has 6 heteroatoms. The maximum atomic E-state index is 12.2. The van der Waals surface area contributed by atoms with Crippen molar-refractivity contribution in [2.24, 2.45) is 0 Å². The van der Waals surface area contributed by atoms with Gasteiger partial charge >= 0.3 is 6.98 Å². The number of methoxy groups -OCH3 is 1. The maximum absolute atomic E-state index is 12.2. The topological polar surface area (TPSA) is 18.5 Å². The first kappa shape index (κ1) is 14.7. The highest BCUT2D eigenvalue weighted by Gasteiger charge is 2.26. The number of ether oxygens (including phenoxy) is 2. The van der Waals surface area contributed by atoms with E-state index in [0.29, 0.717) is 11.3 Å². The molecule has 0 atom stereocenters. The smallest absolute Gasteiger partial charge is 0.515 e. The molecule has 0 aliphatic heterocycles. The van der Waals surface area contributed by atoms with Gasteiger partial charge in [-0.15, -0.1) is 0 Å². The minimum Gasteiger partial charge on any atom is -0.521 e. The Kier molecular flexibility index (Phi) is 4.19. The second-order valence-corrected chi connectivity index (χ2v) is 5.13. The van der Waals surface area contributed by atoms with E-state index in [9.17, 15) is 12.9 Å². The van der Waals surface area contributed by atoms with E-state index in [4.69, 9.17) is 9.47 Å². The minimum absolute atomic E-state index is 0.252. The maximum Gasteiger partial charge on any atom is 0.515 e. The van der Waals surface area contributed by atoms with Gasteiger partial charge in [0.25, 0.3) is 0 Å². The Bertz CT molecular complexity index is 411. The van der Waals surface area contributed by atoms with Gasteiger partial charge < -0.3 is 22.4 Å². The summed E-state index contributed by atoms with van der Waals surface area (Å²) in [4.78, 5) is 0. The molecule has 0 heterocycles. The van der Waals surface area contributed by atoms with Crippen LogP contribution in [-0.4, -0.2) is 20.6 Å². The molecule has 1 aromatic carbocycles. The van der Waals surface area contributed by atoms with Gasteiger partial charge in [0.1, 0.15) is 11.5 Å². The van der Waals surface area contributed by atoms with Crippen molar-refractivity contribution < 1.29 is 22.4 Å². The summed E-state index contributed by atoms with van der Waals surface area (Å²) in [5.41, 5.74) is 0.379. The zero-order valence-corrected chi connectivity index (χ0v) is 11.0. The van der Waals surface area contributed by atoms with Gasteiger partial charge in [-0.1, -0.05) is 20.8 Å². The molecule has 102 valence electrons. The standard InChI is InChI=1S/C12H17BF3O2/c1-12(2,3)10-7-9(17-4)5-6-11(10)18-8-13(14,15)16/h5-7H,8H2,1-4H3/q-1. The zero-order valence-electron chi connectivity index (χ0n) is 11.0. The normalized spacial score (nSPS) is 12.4. The Labute approximate surface area is 105 Å². The number of hydrogen-bond acceptors (Lipinski definition) is 2. The first-order chi connectivity index (χ1) is 8.13. The van der Waals surface area contributed by atoms with E-state index in [1.54, 1.807) is 12.1 Å². The second-order valence-electron chi connectivity index (χ2n) is 5.13. The molecule has 0 bridgehead atoms. The third kappa shape index (κ3) is 4.16. The Hall–Kier alpha value is -1.33. The van der Waals surface area contributed by atoms with Gasteiger partial charge in [-0.2, -0.15) is 0 Å². The van der Waals surface area contributed by atoms with E-state index < -0.39 is 13.5 Å². The van der Waals surface area contributed by atoms with E-state index in [0.717, 1.165) is 0 Å². The number of rotatable bonds is 4. The van der Waals surface area contributed by atoms with Gasteiger partial charge in [0.2, 0.25) is 0 Å². The monoisotopic (exact) mass is 261 g/mol. The molecule has 0 unspecified atom stereocenters. The molecule has 2 nitrogen and oxygen atoms in total. The molecule has 0 aliphatic carbocycles. The molecular weight excluding hydrogens is 244 g/mol. The zero-order chi connectivity index (χ0) is 14.0. The van der Waals surface area contributed by atoms with E-state index in [1.165, 1.54) is 13.2 Å². The van der Waals surface area contributed by atoms with Crippen LogP contribution in [0.25, 0.3) is 0 Å². The van der Waals surface area contributed by atoms with Crippen LogP contribution in [0, 0.1) is 0 Å². The summed E-state index contributed by atoms with van der Waals surface area (Å²) >= 11 is 0. The minimum atomic E-state index is -4.95. The lowest BCUT2D eigenvalue weighted by molar-refractivity contribution is 0.305. The average Bonchev–Trinajstić information content (AvgIpc) is 2.24. The molecule has 1 rings (SSSR count). The lowest BCUT2D eigenvalue weighted by atomic mass is 9.86. The molecule has 0 radical (unpaired) electrons. The number of benzene rings is 1. The quantitative estimate of drug-likeness (QED) is 0.768. The van der Waals surface area contributed by atoms with Crippen molar-refractivity contribution in [1.29, 1.82) is 0 Å². The molecular formula is C12H17BF3O2-. The van der Waals surface area contributed by atoms with Crippen LogP contribution < -0.4 is 9.47 Å². The first-order valence-corrected chi connectivity index (χ1v) is 5.66. The Morgan fingerprint density at radius 3 is 2.22 bits per heavy atom. The number of halogens is 3. The van der Waals surface area contributed by atoms with Gasteiger partial charge in [0.15, 0.2) is 0 Å². The van der Waals surface area contributed by atoms with Gasteiger partial charge in [-0.3, -0.25) is 0 Å². The second kappa shape index (κ2) is 5.12. The molecule has 0 amide bonds. The highest BCUT2D eigenvalue weighted by Crippen LogP contribution is 2.34. The van der Waals surface area contributed by atoms with Crippen molar-refractivity contribution in [2.45, 2.75) is 26.2 Å². The van der Waals surface area contributed by atoms with Crippen molar-refractivity contribution in [3.63, 3.8) is 0 Å². The molecule has 0 spiro atoms. The number of hydrogen-bond donors (Lipinski definition) is 0. The molecule has 0 saturated carbocycles. The molecule has 18 heavy (non-hydrogen) atoms. The van der Waals surface area contributed by atoms with E-state index in [-0.39, 0.29) is 11.2 Å². The van der Waals surface area contributed by atoms with Crippen molar-refractivity contribution in [3.05, 3.63) is 23.8 Å². The van der Waals surface area contributed by atoms with Gasteiger partial charge in [0.05, 0.1) is 13.6 Å². The van der Waals surface area contributed by atoms with Crippen LogP contribution in [0.2, 0.25) is 0 Å². The van der Waals surface area contributed by atoms with Crippen molar-refractivity contribution >= 4 is 6.98 Å². The predicted octanol–water partition coefficient (Wildman–Crippen LogP) is 3.76. The predicted molar refractivity (Wildman–Crippen MR) is 66.3 cm³/mol. The molecule has 0 saturated heterocycles. The Balaban J connectivity index is 3.03. The van der Waals surface area contributed by atoms with E-state index in [1.807, 2.05) is 20.8 Å². The summed E-state index contributed by atoms with van der Waals surface area (Å²) in [5.74, 6) is 0.854. The average molecular weight is 261 g/mol. The van der Waals surface area contributed by atoms with Gasteiger partial charge in [0, 0.05) is 5.56 Å². The highest BCUT2D eigenvalue weighted by atomic mass is 19.4. The van der Waals surface area contributed by atoms with Crippen LogP contribution in [0.3, 0.4) is 0 Å². The summed E-state index contributed by atoms with van der Waals surface area (Å²) in [6.07, 6.45) is 0. The molecule has 0 aliphatic rings. The summed E-state index contributed by atoms with van der Waals surface area (Å²) in [7, 11) is 1.52. The van der Waals surface area contributed by atoms with Crippen LogP contribution >= 0.6 is 0 Å². The molecule has 0 N–H and O–H groups in total. The Morgan fingerprint density at radius 1 is 1.17 bits per heavy atom. The molecule has 0 aromatic heterocycles. The largest absolute Gasteiger partial charge is 0.521 e. The van der Waals surface area contributed by atoms with Crippen LogP contribution in [0.15, 0.2) is 18.2 Å². The van der Waals surface area contributed by atoms with Crippen LogP contribution in [0.5, 0.6) is 11.5 Å². The lowest BCUT2D eigenvalue weighted by Crippen LogP contribution is -2.27. The summed E-state index contributed by atoms with van der Waals surface area (Å²) in [6, 6.07) is 4.81. The van der Waals surface area contributed by atoms with Crippen molar-refractivity contribution in [3.8, 4) is 11.5 Å². The SMILES string of the molecule is COc1ccc(OC[B-](F)(F)F)c(C(C)(C)C)c1. The molecule has 1 aromatic rings. The highest BCUT2D eigenvalue weighted by molar-refractivity contribution is 6.58. The summed E-state index contributed by atoms with van der Waals surface area (Å²) in [5, 5.41) is 0. The third-order valence-electron chi connectivity index (χ3n) is 2.42. The summed E-state index contributed by atoms with van der Waals surface area (Å²) < 4.78 is 46.6. The fourth-order valence-corrected chi connectivity index (χ4v) is 1.53. The van der Waals surface area contributed by atoms with Crippen LogP contribution in [0.4, 0.5) is 12.9 Å². The van der Waals surface area contributed by atoms with Crippen molar-refractivity contribution in [2.75, 3.05) is 13.6 Å².